The molecule has 0 radical (unpaired) electrons. The fourth-order valence-electron chi connectivity index (χ4n) is 3.96. The molecular weight excluding hydrogens is 248 g/mol. The molecule has 3 heteroatoms. The summed E-state index contributed by atoms with van der Waals surface area (Å²) in [7, 11) is 0. The molecule has 0 bridgehead atoms. The summed E-state index contributed by atoms with van der Waals surface area (Å²) in [6.45, 7) is 7.04. The summed E-state index contributed by atoms with van der Waals surface area (Å²) in [4.78, 5) is 2.66. The molecule has 3 rings (SSSR count). The first-order valence-corrected chi connectivity index (χ1v) is 8.32. The van der Waals surface area contributed by atoms with E-state index in [1.54, 1.807) is 6.26 Å². The number of furan rings is 1. The summed E-state index contributed by atoms with van der Waals surface area (Å²) in [5.74, 6) is 3.06. The molecule has 3 atom stereocenters. The van der Waals surface area contributed by atoms with E-state index in [-0.39, 0.29) is 0 Å². The molecule has 112 valence electrons. The van der Waals surface area contributed by atoms with Crippen molar-refractivity contribution in [1.82, 2.24) is 10.2 Å². The Morgan fingerprint density at radius 1 is 1.30 bits per heavy atom. The Morgan fingerprint density at radius 3 is 2.95 bits per heavy atom. The van der Waals surface area contributed by atoms with Crippen LogP contribution in [0, 0.1) is 11.8 Å². The number of hydrogen-bond acceptors (Lipinski definition) is 3. The number of rotatable bonds is 5. The molecule has 1 aliphatic carbocycles. The normalized spacial score (nSPS) is 29.1. The zero-order chi connectivity index (χ0) is 13.8. The highest BCUT2D eigenvalue weighted by Crippen LogP contribution is 2.35. The second kappa shape index (κ2) is 6.77. The molecule has 0 amide bonds. The maximum atomic E-state index is 5.43. The second-order valence-corrected chi connectivity index (χ2v) is 6.59. The third-order valence-electron chi connectivity index (χ3n) is 5.22. The molecule has 1 N–H and O–H groups in total. The zero-order valence-corrected chi connectivity index (χ0v) is 12.7. The topological polar surface area (TPSA) is 28.4 Å². The minimum absolute atomic E-state index is 0.317. The van der Waals surface area contributed by atoms with E-state index in [0.29, 0.717) is 6.04 Å². The van der Waals surface area contributed by atoms with Crippen molar-refractivity contribution in [2.75, 3.05) is 26.2 Å². The van der Waals surface area contributed by atoms with Crippen LogP contribution in [0.4, 0.5) is 0 Å². The van der Waals surface area contributed by atoms with Gasteiger partial charge in [-0.2, -0.15) is 0 Å². The number of likely N-dealkylation sites (tertiary alicyclic amines) is 1. The van der Waals surface area contributed by atoms with E-state index >= 15 is 0 Å². The van der Waals surface area contributed by atoms with Gasteiger partial charge in [0, 0.05) is 19.6 Å². The Hall–Kier alpha value is -0.800. The van der Waals surface area contributed by atoms with Gasteiger partial charge in [-0.05, 0) is 50.3 Å². The van der Waals surface area contributed by atoms with Crippen LogP contribution in [0.3, 0.4) is 0 Å². The van der Waals surface area contributed by atoms with E-state index in [9.17, 15) is 0 Å². The monoisotopic (exact) mass is 276 g/mol. The van der Waals surface area contributed by atoms with E-state index in [4.69, 9.17) is 4.42 Å². The second-order valence-electron chi connectivity index (χ2n) is 6.59. The zero-order valence-electron chi connectivity index (χ0n) is 12.7. The van der Waals surface area contributed by atoms with Gasteiger partial charge in [0.2, 0.25) is 0 Å². The van der Waals surface area contributed by atoms with Gasteiger partial charge in [0.15, 0.2) is 0 Å². The van der Waals surface area contributed by atoms with Gasteiger partial charge in [0.05, 0.1) is 12.3 Å². The van der Waals surface area contributed by atoms with Gasteiger partial charge in [-0.3, -0.25) is 0 Å². The summed E-state index contributed by atoms with van der Waals surface area (Å²) in [6, 6.07) is 4.32. The van der Waals surface area contributed by atoms with Crippen molar-refractivity contribution in [3.63, 3.8) is 0 Å². The average Bonchev–Trinajstić information content (AvgIpc) is 3.01. The predicted octanol–water partition coefficient (Wildman–Crippen LogP) is 3.44. The molecule has 2 aliphatic rings. The Kier molecular flexibility index (Phi) is 4.79. The van der Waals surface area contributed by atoms with Gasteiger partial charge >= 0.3 is 0 Å². The van der Waals surface area contributed by atoms with Gasteiger partial charge in [-0.1, -0.05) is 19.3 Å². The van der Waals surface area contributed by atoms with Crippen LogP contribution in [0.15, 0.2) is 22.8 Å². The molecule has 1 aromatic rings. The molecule has 3 nitrogen and oxygen atoms in total. The molecular formula is C17H28N2O. The largest absolute Gasteiger partial charge is 0.468 e. The highest BCUT2D eigenvalue weighted by molar-refractivity contribution is 5.02. The highest BCUT2D eigenvalue weighted by Gasteiger charge is 2.30. The van der Waals surface area contributed by atoms with Crippen molar-refractivity contribution < 1.29 is 4.42 Å². The average molecular weight is 276 g/mol. The van der Waals surface area contributed by atoms with E-state index in [1.807, 2.05) is 12.1 Å². The third-order valence-corrected chi connectivity index (χ3v) is 5.22. The van der Waals surface area contributed by atoms with Crippen molar-refractivity contribution in [1.29, 1.82) is 0 Å². The maximum absolute atomic E-state index is 5.43. The molecule has 1 aliphatic heterocycles. The predicted molar refractivity (Wildman–Crippen MR) is 81.6 cm³/mol. The smallest absolute Gasteiger partial charge is 0.120 e. The van der Waals surface area contributed by atoms with Crippen LogP contribution in [0.1, 0.15) is 50.8 Å². The van der Waals surface area contributed by atoms with Crippen LogP contribution in [0.5, 0.6) is 0 Å². The lowest BCUT2D eigenvalue weighted by Crippen LogP contribution is -2.44. The Morgan fingerprint density at radius 2 is 2.15 bits per heavy atom. The lowest BCUT2D eigenvalue weighted by molar-refractivity contribution is 0.0870. The summed E-state index contributed by atoms with van der Waals surface area (Å²) < 4.78 is 5.43. The molecule has 0 spiro atoms. The highest BCUT2D eigenvalue weighted by atomic mass is 16.3. The molecule has 1 saturated carbocycles. The minimum atomic E-state index is 0.317. The summed E-state index contributed by atoms with van der Waals surface area (Å²) in [5, 5.41) is 3.57. The summed E-state index contributed by atoms with van der Waals surface area (Å²) in [6.07, 6.45) is 9.08. The lowest BCUT2D eigenvalue weighted by atomic mass is 9.75. The molecule has 20 heavy (non-hydrogen) atoms. The first kappa shape index (κ1) is 14.2. The first-order chi connectivity index (χ1) is 9.83. The van der Waals surface area contributed by atoms with Gasteiger partial charge in [0.25, 0.3) is 0 Å². The number of hydrogen-bond donors (Lipinski definition) is 1. The standard InChI is InChI=1S/C17H28N2O/c1-14(17-7-4-12-20-17)18-9-11-19-10-8-15-5-2-3-6-16(15)13-19/h4,7,12,14-16,18H,2-3,5-6,8-11,13H2,1H3. The Labute approximate surface area is 122 Å². The van der Waals surface area contributed by atoms with Crippen molar-refractivity contribution >= 4 is 0 Å². The van der Waals surface area contributed by atoms with E-state index in [1.165, 1.54) is 51.7 Å². The van der Waals surface area contributed by atoms with Crippen molar-refractivity contribution in [2.24, 2.45) is 11.8 Å². The van der Waals surface area contributed by atoms with Crippen molar-refractivity contribution in [2.45, 2.75) is 45.1 Å². The molecule has 1 aromatic heterocycles. The van der Waals surface area contributed by atoms with Gasteiger partial charge < -0.3 is 14.6 Å². The molecule has 2 heterocycles. The number of fused-ring (bicyclic) bond motifs is 1. The van der Waals surface area contributed by atoms with Gasteiger partial charge in [0.1, 0.15) is 5.76 Å². The van der Waals surface area contributed by atoms with Crippen molar-refractivity contribution in [3.05, 3.63) is 24.2 Å². The Bertz CT molecular complexity index is 390. The Balaban J connectivity index is 1.38. The third kappa shape index (κ3) is 3.44. The van der Waals surface area contributed by atoms with Crippen LogP contribution < -0.4 is 5.32 Å². The van der Waals surface area contributed by atoms with Crippen LogP contribution in [0.2, 0.25) is 0 Å². The summed E-state index contributed by atoms with van der Waals surface area (Å²) >= 11 is 0. The quantitative estimate of drug-likeness (QED) is 0.893. The SMILES string of the molecule is CC(NCCN1CCC2CCCCC2C1)c1ccco1. The van der Waals surface area contributed by atoms with E-state index in [0.717, 1.165) is 24.1 Å². The molecule has 3 unspecified atom stereocenters. The lowest BCUT2D eigenvalue weighted by Gasteiger charge is -2.41. The van der Waals surface area contributed by atoms with Crippen LogP contribution in [-0.2, 0) is 0 Å². The molecule has 0 aromatic carbocycles. The number of nitrogens with one attached hydrogen (secondary N) is 1. The van der Waals surface area contributed by atoms with Crippen LogP contribution in [0.25, 0.3) is 0 Å². The maximum Gasteiger partial charge on any atom is 0.120 e. The van der Waals surface area contributed by atoms with Crippen LogP contribution in [-0.4, -0.2) is 31.1 Å². The van der Waals surface area contributed by atoms with Crippen LogP contribution >= 0.6 is 0 Å². The van der Waals surface area contributed by atoms with Gasteiger partial charge in [-0.15, -0.1) is 0 Å². The van der Waals surface area contributed by atoms with Crippen molar-refractivity contribution in [3.8, 4) is 0 Å². The summed E-state index contributed by atoms with van der Waals surface area (Å²) in [5.41, 5.74) is 0. The fourth-order valence-corrected chi connectivity index (χ4v) is 3.96. The van der Waals surface area contributed by atoms with E-state index < -0.39 is 0 Å². The number of piperidine rings is 1. The first-order valence-electron chi connectivity index (χ1n) is 8.32. The molecule has 2 fully saturated rings. The minimum Gasteiger partial charge on any atom is -0.468 e. The number of nitrogens with zero attached hydrogens (tertiary/aromatic N) is 1. The van der Waals surface area contributed by atoms with E-state index in [2.05, 4.69) is 17.1 Å². The van der Waals surface area contributed by atoms with Gasteiger partial charge in [-0.25, -0.2) is 0 Å². The molecule has 1 saturated heterocycles. The fraction of sp³-hybridized carbons (Fsp3) is 0.765.